The molecule has 11 heteroatoms. The lowest BCUT2D eigenvalue weighted by molar-refractivity contribution is -0.384. The molecule has 0 saturated carbocycles. The van der Waals surface area contributed by atoms with Gasteiger partial charge in [0.25, 0.3) is 11.6 Å². The van der Waals surface area contributed by atoms with E-state index < -0.39 is 10.8 Å². The first-order valence-electron chi connectivity index (χ1n) is 9.37. The zero-order chi connectivity index (χ0) is 22.1. The molecule has 0 atom stereocenters. The number of nitro benzene ring substituents is 1. The lowest BCUT2D eigenvalue weighted by atomic mass is 10.2. The minimum Gasteiger partial charge on any atom is -0.463 e. The number of carbonyl (C=O) groups is 1. The summed E-state index contributed by atoms with van der Waals surface area (Å²) in [5, 5.41) is 19.2. The molecular weight excluding hydrogens is 414 g/mol. The van der Waals surface area contributed by atoms with Gasteiger partial charge in [0.15, 0.2) is 11.3 Å². The van der Waals surface area contributed by atoms with Crippen molar-refractivity contribution in [3.63, 3.8) is 0 Å². The van der Waals surface area contributed by atoms with Crippen molar-refractivity contribution in [1.29, 1.82) is 0 Å². The summed E-state index contributed by atoms with van der Waals surface area (Å²) in [6.07, 6.45) is 2.84. The van der Waals surface area contributed by atoms with Crippen molar-refractivity contribution in [3.05, 3.63) is 88.5 Å². The van der Waals surface area contributed by atoms with Gasteiger partial charge < -0.3 is 4.42 Å². The number of nitro groups is 1. The number of furan rings is 1. The van der Waals surface area contributed by atoms with E-state index in [2.05, 4.69) is 25.6 Å². The van der Waals surface area contributed by atoms with Crippen LogP contribution in [0.2, 0.25) is 0 Å². The van der Waals surface area contributed by atoms with Crippen molar-refractivity contribution >= 4 is 40.0 Å². The molecule has 0 fully saturated rings. The van der Waals surface area contributed by atoms with E-state index in [1.54, 1.807) is 24.3 Å². The van der Waals surface area contributed by atoms with Crippen LogP contribution < -0.4 is 5.43 Å². The van der Waals surface area contributed by atoms with Gasteiger partial charge in [-0.25, -0.2) is 20.1 Å². The number of rotatable bonds is 5. The third-order valence-electron chi connectivity index (χ3n) is 4.60. The number of fused-ring (bicyclic) bond motifs is 2. The van der Waals surface area contributed by atoms with Crippen LogP contribution >= 0.6 is 0 Å². The van der Waals surface area contributed by atoms with Crippen LogP contribution in [-0.4, -0.2) is 36.8 Å². The first-order valence-corrected chi connectivity index (χ1v) is 9.37. The van der Waals surface area contributed by atoms with Crippen LogP contribution in [0.1, 0.15) is 16.2 Å². The van der Waals surface area contributed by atoms with Crippen molar-refractivity contribution in [2.45, 2.75) is 0 Å². The molecule has 1 amide bonds. The predicted molar refractivity (Wildman–Crippen MR) is 115 cm³/mol. The molecule has 156 valence electrons. The minimum absolute atomic E-state index is 0.00759. The van der Waals surface area contributed by atoms with Crippen LogP contribution in [0.3, 0.4) is 0 Å². The highest BCUT2D eigenvalue weighted by Gasteiger charge is 2.21. The van der Waals surface area contributed by atoms with Crippen molar-refractivity contribution < 1.29 is 14.1 Å². The van der Waals surface area contributed by atoms with E-state index in [-0.39, 0.29) is 16.9 Å². The van der Waals surface area contributed by atoms with Gasteiger partial charge in [-0.2, -0.15) is 10.2 Å². The van der Waals surface area contributed by atoms with Crippen LogP contribution in [0.15, 0.2) is 76.4 Å². The number of benzene rings is 2. The third-order valence-corrected chi connectivity index (χ3v) is 4.60. The van der Waals surface area contributed by atoms with Gasteiger partial charge in [-0.15, -0.1) is 0 Å². The first kappa shape index (κ1) is 19.1. The number of amides is 1. The van der Waals surface area contributed by atoms with Crippen molar-refractivity contribution in [2.75, 3.05) is 0 Å². The Morgan fingerprint density at radius 2 is 1.81 bits per heavy atom. The number of nitrogens with zero attached hydrogens (tertiary/aromatic N) is 6. The van der Waals surface area contributed by atoms with Gasteiger partial charge in [-0.1, -0.05) is 12.1 Å². The zero-order valence-electron chi connectivity index (χ0n) is 16.2. The van der Waals surface area contributed by atoms with Gasteiger partial charge in [0.05, 0.1) is 34.1 Å². The fourth-order valence-electron chi connectivity index (χ4n) is 3.11. The molecule has 3 heterocycles. The Labute approximate surface area is 179 Å². The summed E-state index contributed by atoms with van der Waals surface area (Å²) in [6.45, 7) is 0. The average Bonchev–Trinajstić information content (AvgIpc) is 3.45. The van der Waals surface area contributed by atoms with Crippen molar-refractivity contribution in [2.24, 2.45) is 5.10 Å². The van der Waals surface area contributed by atoms with E-state index in [1.165, 1.54) is 41.4 Å². The summed E-state index contributed by atoms with van der Waals surface area (Å²) in [5.74, 6) is -0.125. The number of aromatic nitrogens is 4. The van der Waals surface area contributed by atoms with Crippen LogP contribution in [0, 0.1) is 10.1 Å². The normalized spacial score (nSPS) is 11.4. The summed E-state index contributed by atoms with van der Waals surface area (Å²) in [7, 11) is 0. The van der Waals surface area contributed by atoms with E-state index in [4.69, 9.17) is 4.42 Å². The highest BCUT2D eigenvalue weighted by atomic mass is 16.6. The fraction of sp³-hybridized carbons (Fsp3) is 0. The molecule has 1 N–H and O–H groups in total. The van der Waals surface area contributed by atoms with Gasteiger partial charge in [-0.3, -0.25) is 14.9 Å². The lowest BCUT2D eigenvalue weighted by Gasteiger charge is -2.03. The molecule has 5 aromatic rings. The summed E-state index contributed by atoms with van der Waals surface area (Å²) in [5.41, 5.74) is 4.65. The van der Waals surface area contributed by atoms with Gasteiger partial charge >= 0.3 is 0 Å². The van der Waals surface area contributed by atoms with E-state index in [1.807, 2.05) is 12.1 Å². The molecule has 0 aliphatic carbocycles. The van der Waals surface area contributed by atoms with Crippen LogP contribution in [0.25, 0.3) is 27.9 Å². The van der Waals surface area contributed by atoms with Gasteiger partial charge in [0, 0.05) is 12.1 Å². The van der Waals surface area contributed by atoms with Crippen LogP contribution in [0.5, 0.6) is 0 Å². The highest BCUT2D eigenvalue weighted by Crippen LogP contribution is 2.23. The first-order chi connectivity index (χ1) is 15.6. The van der Waals surface area contributed by atoms with Crippen LogP contribution in [-0.2, 0) is 0 Å². The molecule has 0 unspecified atom stereocenters. The molecule has 0 spiro atoms. The maximum Gasteiger partial charge on any atom is 0.294 e. The maximum atomic E-state index is 12.8. The smallest absolute Gasteiger partial charge is 0.294 e. The molecule has 11 nitrogen and oxygen atoms in total. The third kappa shape index (κ3) is 3.43. The molecule has 5 rings (SSSR count). The number of para-hydroxylation sites is 2. The predicted octanol–water partition coefficient (Wildman–Crippen LogP) is 3.23. The summed E-state index contributed by atoms with van der Waals surface area (Å²) < 4.78 is 6.56. The minimum atomic E-state index is -0.594. The van der Waals surface area contributed by atoms with Gasteiger partial charge in [-0.05, 0) is 36.4 Å². The Morgan fingerprint density at radius 1 is 1.06 bits per heavy atom. The fourth-order valence-corrected chi connectivity index (χ4v) is 3.11. The number of carbonyl (C=O) groups excluding carboxylic acids is 1. The number of non-ortho nitro benzene ring substituents is 1. The number of hydrogen-bond acceptors (Lipinski definition) is 8. The molecule has 0 aliphatic rings. The second-order valence-electron chi connectivity index (χ2n) is 6.63. The number of nitrogens with one attached hydrogen (secondary N) is 1. The molecule has 0 bridgehead atoms. The Kier molecular flexibility index (Phi) is 4.60. The lowest BCUT2D eigenvalue weighted by Crippen LogP contribution is -2.19. The molecule has 0 radical (unpaired) electrons. The molecule has 0 aliphatic heterocycles. The average molecular weight is 427 g/mol. The molecule has 0 saturated heterocycles. The molecular formula is C21H13N7O4. The second kappa shape index (κ2) is 7.72. The van der Waals surface area contributed by atoms with Gasteiger partial charge in [0.2, 0.25) is 0 Å². The zero-order valence-corrected chi connectivity index (χ0v) is 16.2. The summed E-state index contributed by atoms with van der Waals surface area (Å²) in [4.78, 5) is 32.5. The summed E-state index contributed by atoms with van der Waals surface area (Å²) >= 11 is 0. The molecule has 3 aromatic heterocycles. The molecule has 2 aromatic carbocycles. The topological polar surface area (TPSA) is 141 Å². The Morgan fingerprint density at radius 3 is 2.50 bits per heavy atom. The largest absolute Gasteiger partial charge is 0.463 e. The monoisotopic (exact) mass is 427 g/mol. The molecule has 32 heavy (non-hydrogen) atoms. The van der Waals surface area contributed by atoms with E-state index in [9.17, 15) is 14.9 Å². The quantitative estimate of drug-likeness (QED) is 0.258. The van der Waals surface area contributed by atoms with Crippen molar-refractivity contribution in [1.82, 2.24) is 25.2 Å². The van der Waals surface area contributed by atoms with Crippen molar-refractivity contribution in [3.8, 4) is 5.69 Å². The van der Waals surface area contributed by atoms with E-state index >= 15 is 0 Å². The van der Waals surface area contributed by atoms with E-state index in [0.29, 0.717) is 28.1 Å². The Hall–Kier alpha value is -4.93. The standard InChI is InChI=1S/C21H13N7O4/c29-21(25-22-12-15-4-3-11-32-15)19-18-20(24-17-6-2-1-5-16(17)23-18)27(26-19)13-7-9-14(10-8-13)28(30)31/h1-12H,(H,25,29)/b22-12+. The van der Waals surface area contributed by atoms with Crippen LogP contribution in [0.4, 0.5) is 5.69 Å². The van der Waals surface area contributed by atoms with E-state index in [0.717, 1.165) is 0 Å². The number of hydrazone groups is 1. The highest BCUT2D eigenvalue weighted by molar-refractivity contribution is 6.04. The Balaban J connectivity index is 1.61. The Bertz CT molecular complexity index is 1490. The second-order valence-corrected chi connectivity index (χ2v) is 6.63. The maximum absolute atomic E-state index is 12.8. The number of hydrogen-bond donors (Lipinski definition) is 1. The summed E-state index contributed by atoms with van der Waals surface area (Å²) in [6, 6.07) is 16.4. The van der Waals surface area contributed by atoms with Gasteiger partial charge in [0.1, 0.15) is 11.3 Å². The SMILES string of the molecule is O=C(N/N=C/c1ccco1)c1nn(-c2ccc([N+](=O)[O-])cc2)c2nc3ccccc3nc12.